The summed E-state index contributed by atoms with van der Waals surface area (Å²) < 4.78 is 2.12. The van der Waals surface area contributed by atoms with Gasteiger partial charge in [-0.2, -0.15) is 10.4 Å². The van der Waals surface area contributed by atoms with Crippen molar-refractivity contribution in [2.24, 2.45) is 0 Å². The van der Waals surface area contributed by atoms with Crippen LogP contribution in [0.3, 0.4) is 0 Å². The van der Waals surface area contributed by atoms with Crippen molar-refractivity contribution in [1.82, 2.24) is 20.0 Å². The van der Waals surface area contributed by atoms with Gasteiger partial charge in [-0.1, -0.05) is 0 Å². The Hall–Kier alpha value is -1.38. The predicted octanol–water partition coefficient (Wildman–Crippen LogP) is 0.625. The number of aromatic nitrogens is 2. The van der Waals surface area contributed by atoms with E-state index in [4.69, 9.17) is 5.26 Å². The quantitative estimate of drug-likeness (QED) is 0.770. The van der Waals surface area contributed by atoms with Crippen LogP contribution in [-0.4, -0.2) is 34.8 Å². The van der Waals surface area contributed by atoms with Crippen LogP contribution in [0.1, 0.15) is 35.8 Å². The van der Waals surface area contributed by atoms with E-state index in [0.717, 1.165) is 44.6 Å². The Kier molecular flexibility index (Phi) is 2.61. The Labute approximate surface area is 101 Å². The van der Waals surface area contributed by atoms with Gasteiger partial charge in [0.15, 0.2) is 5.69 Å². The summed E-state index contributed by atoms with van der Waals surface area (Å²) in [5.41, 5.74) is 3.03. The van der Waals surface area contributed by atoms with Crippen molar-refractivity contribution in [3.8, 4) is 6.07 Å². The molecular formula is C12H17N5. The average Bonchev–Trinajstić information content (AvgIpc) is 2.87. The summed E-state index contributed by atoms with van der Waals surface area (Å²) in [6.07, 6.45) is 2.23. The van der Waals surface area contributed by atoms with Gasteiger partial charge in [-0.15, -0.1) is 0 Å². The van der Waals surface area contributed by atoms with Crippen molar-refractivity contribution in [3.05, 3.63) is 17.0 Å². The van der Waals surface area contributed by atoms with Gasteiger partial charge in [0.25, 0.3) is 0 Å². The minimum Gasteiger partial charge on any atom is -0.317 e. The van der Waals surface area contributed by atoms with Crippen molar-refractivity contribution in [3.63, 3.8) is 0 Å². The average molecular weight is 231 g/mol. The van der Waals surface area contributed by atoms with Gasteiger partial charge in [0.1, 0.15) is 6.07 Å². The maximum atomic E-state index is 9.14. The third-order valence-corrected chi connectivity index (χ3v) is 3.73. The maximum Gasteiger partial charge on any atom is 0.167 e. The van der Waals surface area contributed by atoms with Gasteiger partial charge in [-0.25, -0.2) is 0 Å². The normalized spacial score (nSPS) is 21.4. The Morgan fingerprint density at radius 2 is 2.12 bits per heavy atom. The fraction of sp³-hybridized carbons (Fsp3) is 0.667. The predicted molar refractivity (Wildman–Crippen MR) is 63.3 cm³/mol. The highest BCUT2D eigenvalue weighted by Gasteiger charge is 2.29. The van der Waals surface area contributed by atoms with Crippen LogP contribution in [0, 0.1) is 11.3 Å². The van der Waals surface area contributed by atoms with Crippen LogP contribution in [0.25, 0.3) is 0 Å². The van der Waals surface area contributed by atoms with E-state index in [2.05, 4.69) is 33.1 Å². The summed E-state index contributed by atoms with van der Waals surface area (Å²) in [5.74, 6) is 0. The second-order valence-corrected chi connectivity index (χ2v) is 4.98. The first kappa shape index (κ1) is 10.8. The van der Waals surface area contributed by atoms with Gasteiger partial charge in [0, 0.05) is 18.7 Å². The molecule has 3 rings (SSSR count). The molecule has 0 atom stereocenters. The monoisotopic (exact) mass is 231 g/mol. The van der Waals surface area contributed by atoms with E-state index in [-0.39, 0.29) is 0 Å². The lowest BCUT2D eigenvalue weighted by atomic mass is 10.1. The number of piperidine rings is 1. The van der Waals surface area contributed by atoms with Crippen LogP contribution in [-0.2, 0) is 13.1 Å². The molecule has 0 bridgehead atoms. The van der Waals surface area contributed by atoms with Crippen LogP contribution in [0.15, 0.2) is 0 Å². The van der Waals surface area contributed by atoms with E-state index in [1.165, 1.54) is 5.69 Å². The summed E-state index contributed by atoms with van der Waals surface area (Å²) in [4.78, 5) is 2.24. The number of nitrogens with one attached hydrogen (secondary N) is 1. The van der Waals surface area contributed by atoms with E-state index in [9.17, 15) is 0 Å². The van der Waals surface area contributed by atoms with Crippen LogP contribution in [0.5, 0.6) is 0 Å². The molecule has 0 amide bonds. The lowest BCUT2D eigenvalue weighted by Gasteiger charge is -2.24. The number of hydrogen-bond acceptors (Lipinski definition) is 4. The smallest absolute Gasteiger partial charge is 0.167 e. The van der Waals surface area contributed by atoms with E-state index >= 15 is 0 Å². The lowest BCUT2D eigenvalue weighted by molar-refractivity contribution is 0.306. The van der Waals surface area contributed by atoms with Gasteiger partial charge in [0.2, 0.25) is 0 Å². The molecule has 2 aliphatic heterocycles. The number of hydrogen-bond donors (Lipinski definition) is 1. The second kappa shape index (κ2) is 4.13. The number of nitrogens with zero attached hydrogens (tertiary/aromatic N) is 4. The van der Waals surface area contributed by atoms with Gasteiger partial charge in [-0.3, -0.25) is 9.58 Å². The number of rotatable bonds is 1. The molecule has 0 aromatic carbocycles. The lowest BCUT2D eigenvalue weighted by Crippen LogP contribution is -2.30. The molecule has 5 nitrogen and oxygen atoms in total. The second-order valence-electron chi connectivity index (χ2n) is 4.98. The molecule has 2 aliphatic rings. The van der Waals surface area contributed by atoms with E-state index in [1.54, 1.807) is 0 Å². The maximum absolute atomic E-state index is 9.14. The van der Waals surface area contributed by atoms with Crippen molar-refractivity contribution in [2.75, 3.05) is 20.1 Å². The molecule has 0 saturated carbocycles. The van der Waals surface area contributed by atoms with Gasteiger partial charge in [0.05, 0.1) is 11.7 Å². The molecular weight excluding hydrogens is 214 g/mol. The first-order valence-corrected chi connectivity index (χ1v) is 6.19. The third kappa shape index (κ3) is 1.74. The van der Waals surface area contributed by atoms with Crippen molar-refractivity contribution < 1.29 is 0 Å². The molecule has 0 spiro atoms. The highest BCUT2D eigenvalue weighted by Crippen LogP contribution is 2.29. The van der Waals surface area contributed by atoms with Crippen LogP contribution in [0.4, 0.5) is 0 Å². The van der Waals surface area contributed by atoms with Crippen molar-refractivity contribution in [2.45, 2.75) is 32.0 Å². The Balaban J connectivity index is 1.98. The largest absolute Gasteiger partial charge is 0.317 e. The highest BCUT2D eigenvalue weighted by molar-refractivity contribution is 5.37. The zero-order valence-electron chi connectivity index (χ0n) is 10.1. The minimum atomic E-state index is 0.471. The molecule has 90 valence electrons. The Morgan fingerprint density at radius 3 is 2.82 bits per heavy atom. The molecule has 1 aromatic rings. The molecule has 17 heavy (non-hydrogen) atoms. The molecule has 0 aliphatic carbocycles. The summed E-state index contributed by atoms with van der Waals surface area (Å²) in [7, 11) is 2.09. The summed E-state index contributed by atoms with van der Waals surface area (Å²) >= 11 is 0. The summed E-state index contributed by atoms with van der Waals surface area (Å²) in [6.45, 7) is 3.89. The Morgan fingerprint density at radius 1 is 1.35 bits per heavy atom. The molecule has 0 radical (unpaired) electrons. The first-order chi connectivity index (χ1) is 8.29. The van der Waals surface area contributed by atoms with Crippen LogP contribution < -0.4 is 5.32 Å². The molecule has 1 saturated heterocycles. The molecule has 3 heterocycles. The third-order valence-electron chi connectivity index (χ3n) is 3.73. The van der Waals surface area contributed by atoms with Crippen molar-refractivity contribution in [1.29, 1.82) is 5.26 Å². The molecule has 0 unspecified atom stereocenters. The van der Waals surface area contributed by atoms with Gasteiger partial charge in [-0.05, 0) is 33.0 Å². The van der Waals surface area contributed by atoms with Gasteiger partial charge < -0.3 is 5.32 Å². The summed E-state index contributed by atoms with van der Waals surface area (Å²) in [5, 5.41) is 17.0. The van der Waals surface area contributed by atoms with Gasteiger partial charge >= 0.3 is 0 Å². The SMILES string of the molecule is CN1Cc2c(C#N)nn(C3CCNCC3)c2C1. The molecule has 5 heteroatoms. The fourth-order valence-corrected chi connectivity index (χ4v) is 2.86. The minimum absolute atomic E-state index is 0.471. The summed E-state index contributed by atoms with van der Waals surface area (Å²) in [6, 6.07) is 2.70. The first-order valence-electron chi connectivity index (χ1n) is 6.19. The van der Waals surface area contributed by atoms with Crippen LogP contribution >= 0.6 is 0 Å². The molecule has 1 N–H and O–H groups in total. The Bertz CT molecular complexity index is 464. The van der Waals surface area contributed by atoms with E-state index < -0.39 is 0 Å². The van der Waals surface area contributed by atoms with E-state index in [0.29, 0.717) is 11.7 Å². The zero-order valence-corrected chi connectivity index (χ0v) is 10.1. The van der Waals surface area contributed by atoms with Crippen molar-refractivity contribution >= 4 is 0 Å². The molecule has 1 aromatic heterocycles. The van der Waals surface area contributed by atoms with E-state index in [1.807, 2.05) is 0 Å². The standard InChI is InChI=1S/C12H17N5/c1-16-7-10-11(6-13)15-17(12(10)8-16)9-2-4-14-5-3-9/h9,14H,2-5,7-8H2,1H3. The number of nitriles is 1. The van der Waals surface area contributed by atoms with Crippen LogP contribution in [0.2, 0.25) is 0 Å². The fourth-order valence-electron chi connectivity index (χ4n) is 2.86. The number of fused-ring (bicyclic) bond motifs is 1. The highest BCUT2D eigenvalue weighted by atomic mass is 15.3. The molecule has 1 fully saturated rings. The zero-order chi connectivity index (χ0) is 11.8. The topological polar surface area (TPSA) is 56.9 Å².